The highest BCUT2D eigenvalue weighted by Crippen LogP contribution is 2.42. The van der Waals surface area contributed by atoms with Crippen molar-refractivity contribution in [3.8, 4) is 17.3 Å². The Balaban J connectivity index is 2.39. The molecule has 112 valence electrons. The summed E-state index contributed by atoms with van der Waals surface area (Å²) in [6.07, 6.45) is -1.39. The minimum atomic E-state index is -1.39. The maximum absolute atomic E-state index is 11.1. The van der Waals surface area contributed by atoms with Crippen molar-refractivity contribution < 1.29 is 19.4 Å². The summed E-state index contributed by atoms with van der Waals surface area (Å²) < 4.78 is 13.0. The van der Waals surface area contributed by atoms with Crippen LogP contribution in [0.4, 0.5) is 4.79 Å². The van der Waals surface area contributed by atoms with Crippen molar-refractivity contribution in [3.63, 3.8) is 0 Å². The lowest BCUT2D eigenvalue weighted by molar-refractivity contribution is 0.140. The van der Waals surface area contributed by atoms with Gasteiger partial charge in [-0.25, -0.2) is 4.79 Å². The molecule has 0 atom stereocenters. The standard InChI is InChI=1S/C16H12BrNO4/c1-21-14-12-9-10(17)7-8-13(12)18(15(14)22-16(19)20)11-5-3-2-4-6-11/h2-9H,1H3,(H,19,20). The van der Waals surface area contributed by atoms with E-state index in [1.54, 1.807) is 4.57 Å². The number of carbonyl (C=O) groups is 1. The van der Waals surface area contributed by atoms with Crippen molar-refractivity contribution in [1.82, 2.24) is 4.57 Å². The summed E-state index contributed by atoms with van der Waals surface area (Å²) in [4.78, 5) is 11.1. The molecule has 1 N–H and O–H groups in total. The zero-order valence-electron chi connectivity index (χ0n) is 11.6. The zero-order chi connectivity index (χ0) is 15.7. The van der Waals surface area contributed by atoms with Crippen LogP contribution in [0.1, 0.15) is 0 Å². The third kappa shape index (κ3) is 2.42. The predicted molar refractivity (Wildman–Crippen MR) is 86.2 cm³/mol. The monoisotopic (exact) mass is 361 g/mol. The van der Waals surface area contributed by atoms with Gasteiger partial charge in [-0.1, -0.05) is 34.1 Å². The van der Waals surface area contributed by atoms with Gasteiger partial charge in [0, 0.05) is 15.5 Å². The zero-order valence-corrected chi connectivity index (χ0v) is 13.2. The van der Waals surface area contributed by atoms with E-state index in [0.717, 1.165) is 21.1 Å². The normalized spacial score (nSPS) is 10.6. The maximum atomic E-state index is 11.1. The van der Waals surface area contributed by atoms with Gasteiger partial charge in [-0.05, 0) is 30.3 Å². The molecule has 1 heterocycles. The lowest BCUT2D eigenvalue weighted by Gasteiger charge is -2.09. The minimum Gasteiger partial charge on any atom is -0.491 e. The number of ether oxygens (including phenoxy) is 2. The Labute approximate surface area is 134 Å². The highest BCUT2D eigenvalue weighted by atomic mass is 79.9. The Morgan fingerprint density at radius 3 is 2.55 bits per heavy atom. The van der Waals surface area contributed by atoms with E-state index in [4.69, 9.17) is 14.6 Å². The Morgan fingerprint density at radius 1 is 1.18 bits per heavy atom. The van der Waals surface area contributed by atoms with Crippen molar-refractivity contribution in [1.29, 1.82) is 0 Å². The number of carboxylic acid groups (broad SMARTS) is 1. The van der Waals surface area contributed by atoms with Crippen LogP contribution in [0.2, 0.25) is 0 Å². The molecule has 0 unspecified atom stereocenters. The van der Waals surface area contributed by atoms with E-state index in [2.05, 4.69) is 15.9 Å². The predicted octanol–water partition coefficient (Wildman–Crippen LogP) is 4.46. The van der Waals surface area contributed by atoms with Crippen LogP contribution in [0.15, 0.2) is 53.0 Å². The van der Waals surface area contributed by atoms with Gasteiger partial charge in [0.05, 0.1) is 12.6 Å². The van der Waals surface area contributed by atoms with Gasteiger partial charge in [0.15, 0.2) is 5.75 Å². The SMILES string of the molecule is COc1c(OC(=O)O)n(-c2ccccc2)c2ccc(Br)cc12. The Bertz CT molecular complexity index is 842. The molecule has 0 aliphatic carbocycles. The molecule has 1 aromatic heterocycles. The largest absolute Gasteiger partial charge is 0.512 e. The molecule has 3 rings (SSSR count). The number of aromatic nitrogens is 1. The number of hydrogen-bond acceptors (Lipinski definition) is 3. The number of benzene rings is 2. The van der Waals surface area contributed by atoms with Gasteiger partial charge in [-0.2, -0.15) is 0 Å². The first-order valence-corrected chi connectivity index (χ1v) is 7.25. The molecule has 22 heavy (non-hydrogen) atoms. The fourth-order valence-corrected chi connectivity index (χ4v) is 2.78. The summed E-state index contributed by atoms with van der Waals surface area (Å²) in [6, 6.07) is 15.0. The van der Waals surface area contributed by atoms with E-state index in [-0.39, 0.29) is 5.88 Å². The number of rotatable bonds is 3. The van der Waals surface area contributed by atoms with Crippen LogP contribution >= 0.6 is 15.9 Å². The smallest absolute Gasteiger partial charge is 0.491 e. The van der Waals surface area contributed by atoms with Gasteiger partial charge >= 0.3 is 6.16 Å². The van der Waals surface area contributed by atoms with Crippen LogP contribution in [-0.2, 0) is 0 Å². The molecule has 0 radical (unpaired) electrons. The van der Waals surface area contributed by atoms with Crippen molar-refractivity contribution in [2.75, 3.05) is 7.11 Å². The Hall–Kier alpha value is -2.47. The second-order valence-corrected chi connectivity index (χ2v) is 5.45. The van der Waals surface area contributed by atoms with E-state index in [1.807, 2.05) is 48.5 Å². The second kappa shape index (κ2) is 5.73. The third-order valence-corrected chi connectivity index (χ3v) is 3.74. The fourth-order valence-electron chi connectivity index (χ4n) is 2.42. The van der Waals surface area contributed by atoms with Crippen molar-refractivity contribution in [3.05, 3.63) is 53.0 Å². The quantitative estimate of drug-likeness (QED) is 0.699. The summed E-state index contributed by atoms with van der Waals surface area (Å²) in [5, 5.41) is 9.80. The molecule has 0 fully saturated rings. The first kappa shape index (κ1) is 14.5. The number of para-hydroxylation sites is 1. The molecule has 0 aliphatic rings. The Kier molecular flexibility index (Phi) is 3.77. The molecule has 0 bridgehead atoms. The molecule has 0 aliphatic heterocycles. The molecule has 6 heteroatoms. The molecule has 0 amide bonds. The van der Waals surface area contributed by atoms with E-state index in [1.165, 1.54) is 7.11 Å². The van der Waals surface area contributed by atoms with Crippen LogP contribution in [0, 0.1) is 0 Å². The lowest BCUT2D eigenvalue weighted by atomic mass is 10.2. The van der Waals surface area contributed by atoms with Crippen molar-refractivity contribution in [2.45, 2.75) is 0 Å². The topological polar surface area (TPSA) is 60.7 Å². The average molecular weight is 362 g/mol. The molecule has 0 spiro atoms. The number of halogens is 1. The van der Waals surface area contributed by atoms with Gasteiger partial charge in [-0.15, -0.1) is 0 Å². The average Bonchev–Trinajstić information content (AvgIpc) is 2.79. The Morgan fingerprint density at radius 2 is 1.91 bits per heavy atom. The molecule has 0 saturated heterocycles. The van der Waals surface area contributed by atoms with Crippen LogP contribution in [0.5, 0.6) is 11.6 Å². The first-order valence-electron chi connectivity index (χ1n) is 6.46. The van der Waals surface area contributed by atoms with Gasteiger partial charge in [0.1, 0.15) is 0 Å². The summed E-state index contributed by atoms with van der Waals surface area (Å²) in [6.45, 7) is 0. The fraction of sp³-hybridized carbons (Fsp3) is 0.0625. The number of fused-ring (bicyclic) bond motifs is 1. The molecule has 3 aromatic rings. The number of methoxy groups -OCH3 is 1. The van der Waals surface area contributed by atoms with E-state index in [9.17, 15) is 4.79 Å². The van der Waals surface area contributed by atoms with E-state index >= 15 is 0 Å². The summed E-state index contributed by atoms with van der Waals surface area (Å²) in [5.41, 5.74) is 1.58. The molecular weight excluding hydrogens is 350 g/mol. The van der Waals surface area contributed by atoms with E-state index < -0.39 is 6.16 Å². The van der Waals surface area contributed by atoms with Gasteiger partial charge in [0.2, 0.25) is 0 Å². The van der Waals surface area contributed by atoms with Crippen molar-refractivity contribution >= 4 is 33.0 Å². The molecule has 0 saturated carbocycles. The maximum Gasteiger partial charge on any atom is 0.512 e. The van der Waals surface area contributed by atoms with Crippen molar-refractivity contribution in [2.24, 2.45) is 0 Å². The third-order valence-electron chi connectivity index (χ3n) is 3.24. The van der Waals surface area contributed by atoms with Crippen LogP contribution in [0.25, 0.3) is 16.6 Å². The second-order valence-electron chi connectivity index (χ2n) is 4.54. The molecule has 2 aromatic carbocycles. The minimum absolute atomic E-state index is 0.134. The van der Waals surface area contributed by atoms with Gasteiger partial charge in [-0.3, -0.25) is 4.57 Å². The first-order chi connectivity index (χ1) is 10.6. The summed E-state index contributed by atoms with van der Waals surface area (Å²) in [7, 11) is 1.49. The highest BCUT2D eigenvalue weighted by molar-refractivity contribution is 9.10. The van der Waals surface area contributed by atoms with Crippen LogP contribution in [-0.4, -0.2) is 22.9 Å². The van der Waals surface area contributed by atoms with Crippen LogP contribution < -0.4 is 9.47 Å². The van der Waals surface area contributed by atoms with Gasteiger partial charge < -0.3 is 14.6 Å². The number of nitrogens with zero attached hydrogens (tertiary/aromatic N) is 1. The van der Waals surface area contributed by atoms with E-state index in [0.29, 0.717) is 5.75 Å². The molecule has 5 nitrogen and oxygen atoms in total. The number of hydrogen-bond donors (Lipinski definition) is 1. The van der Waals surface area contributed by atoms with Crippen LogP contribution in [0.3, 0.4) is 0 Å². The van der Waals surface area contributed by atoms with Gasteiger partial charge in [0.25, 0.3) is 5.88 Å². The highest BCUT2D eigenvalue weighted by Gasteiger charge is 2.23. The summed E-state index contributed by atoms with van der Waals surface area (Å²) in [5.74, 6) is 0.511. The molecular formula is C16H12BrNO4. The summed E-state index contributed by atoms with van der Waals surface area (Å²) >= 11 is 3.41. The lowest BCUT2D eigenvalue weighted by Crippen LogP contribution is -2.08.